The summed E-state index contributed by atoms with van der Waals surface area (Å²) in [7, 11) is 0. The van der Waals surface area contributed by atoms with E-state index in [2.05, 4.69) is 37.8 Å². The van der Waals surface area contributed by atoms with Gasteiger partial charge in [0.15, 0.2) is 0 Å². The van der Waals surface area contributed by atoms with Gasteiger partial charge in [0.05, 0.1) is 0 Å². The third kappa shape index (κ3) is 3.17. The largest absolute Gasteiger partial charge is 0.357 e. The van der Waals surface area contributed by atoms with E-state index in [4.69, 9.17) is 16.6 Å². The van der Waals surface area contributed by atoms with Gasteiger partial charge in [0.25, 0.3) is 0 Å². The third-order valence-electron chi connectivity index (χ3n) is 3.88. The van der Waals surface area contributed by atoms with E-state index < -0.39 is 0 Å². The van der Waals surface area contributed by atoms with Crippen LogP contribution in [0.1, 0.15) is 44.9 Å². The minimum atomic E-state index is 0.480. The highest BCUT2D eigenvalue weighted by Gasteiger charge is 2.26. The zero-order valence-corrected chi connectivity index (χ0v) is 12.4. The smallest absolute Gasteiger partial charge is 0.129 e. The second-order valence-corrected chi connectivity index (χ2v) is 6.23. The molecule has 2 heterocycles. The Hall–Kier alpha value is -0.760. The van der Waals surface area contributed by atoms with Crippen LogP contribution in [0.5, 0.6) is 0 Å². The molecule has 1 aliphatic rings. The second kappa shape index (κ2) is 5.48. The van der Waals surface area contributed by atoms with Crippen LogP contribution in [-0.4, -0.2) is 18.1 Å². The van der Waals surface area contributed by atoms with Crippen LogP contribution < -0.4 is 4.90 Å². The number of rotatable bonds is 3. The molecule has 1 aliphatic heterocycles. The van der Waals surface area contributed by atoms with Gasteiger partial charge in [0, 0.05) is 24.7 Å². The number of hydrogen-bond acceptors (Lipinski definition) is 2. The summed E-state index contributed by atoms with van der Waals surface area (Å²) in [6.45, 7) is 9.06. The summed E-state index contributed by atoms with van der Waals surface area (Å²) in [5, 5.41) is 0. The molecule has 100 valence electrons. The van der Waals surface area contributed by atoms with Crippen LogP contribution in [0.3, 0.4) is 0 Å². The molecule has 18 heavy (non-hydrogen) atoms. The van der Waals surface area contributed by atoms with Crippen molar-refractivity contribution in [2.45, 2.75) is 45.9 Å². The molecule has 0 unspecified atom stereocenters. The van der Waals surface area contributed by atoms with Gasteiger partial charge in [-0.05, 0) is 42.4 Å². The van der Waals surface area contributed by atoms with Gasteiger partial charge in [-0.2, -0.15) is 0 Å². The van der Waals surface area contributed by atoms with Crippen molar-refractivity contribution in [3.63, 3.8) is 0 Å². The monoisotopic (exact) mass is 266 g/mol. The Labute approximate surface area is 115 Å². The summed E-state index contributed by atoms with van der Waals surface area (Å²) < 4.78 is 0. The Balaban J connectivity index is 2.18. The quantitative estimate of drug-likeness (QED) is 0.769. The normalized spacial score (nSPS) is 19.0. The summed E-state index contributed by atoms with van der Waals surface area (Å²) in [5.74, 6) is 1.68. The molecule has 0 atom stereocenters. The van der Waals surface area contributed by atoms with E-state index in [0.29, 0.717) is 11.3 Å². The number of hydrogen-bond donors (Lipinski definition) is 0. The van der Waals surface area contributed by atoms with Gasteiger partial charge in [-0.1, -0.05) is 20.8 Å². The molecule has 0 amide bonds. The predicted molar refractivity (Wildman–Crippen MR) is 78.4 cm³/mol. The van der Waals surface area contributed by atoms with Crippen molar-refractivity contribution >= 4 is 17.4 Å². The molecule has 2 nitrogen and oxygen atoms in total. The number of aromatic nitrogens is 1. The minimum Gasteiger partial charge on any atom is -0.357 e. The molecule has 2 rings (SSSR count). The Morgan fingerprint density at radius 3 is 2.50 bits per heavy atom. The van der Waals surface area contributed by atoms with E-state index in [1.54, 1.807) is 0 Å². The van der Waals surface area contributed by atoms with E-state index in [-0.39, 0.29) is 0 Å². The number of halogens is 1. The molecule has 0 aliphatic carbocycles. The van der Waals surface area contributed by atoms with Crippen LogP contribution in [0.2, 0.25) is 0 Å². The maximum atomic E-state index is 5.97. The zero-order valence-electron chi connectivity index (χ0n) is 11.7. The molecule has 1 aromatic rings. The first-order valence-electron chi connectivity index (χ1n) is 6.85. The number of piperidine rings is 1. The van der Waals surface area contributed by atoms with Gasteiger partial charge in [-0.3, -0.25) is 0 Å². The topological polar surface area (TPSA) is 16.1 Å². The number of nitrogens with zero attached hydrogens (tertiary/aromatic N) is 2. The summed E-state index contributed by atoms with van der Waals surface area (Å²) in [5.41, 5.74) is 2.81. The van der Waals surface area contributed by atoms with E-state index in [9.17, 15) is 0 Å². The van der Waals surface area contributed by atoms with Gasteiger partial charge in [-0.25, -0.2) is 4.98 Å². The summed E-state index contributed by atoms with van der Waals surface area (Å²) in [6.07, 6.45) is 3.44. The highest BCUT2D eigenvalue weighted by atomic mass is 35.5. The fraction of sp³-hybridized carbons (Fsp3) is 0.667. The standard InChI is InChI=1S/C15H23ClN2/c1-4-13-9-12(11-16)10-14(17-13)18-7-5-15(2,3)6-8-18/h9-10H,4-8,11H2,1-3H3. The summed E-state index contributed by atoms with van der Waals surface area (Å²) in [4.78, 5) is 7.14. The predicted octanol–water partition coefficient (Wildman–Crippen LogP) is 4.01. The van der Waals surface area contributed by atoms with E-state index in [0.717, 1.165) is 31.0 Å². The van der Waals surface area contributed by atoms with E-state index in [1.165, 1.54) is 18.4 Å². The Bertz CT molecular complexity index is 383. The van der Waals surface area contributed by atoms with Crippen LogP contribution in [0.15, 0.2) is 12.1 Å². The van der Waals surface area contributed by atoms with Gasteiger partial charge in [-0.15, -0.1) is 11.6 Å². The first-order valence-corrected chi connectivity index (χ1v) is 7.38. The van der Waals surface area contributed by atoms with Crippen LogP contribution in [-0.2, 0) is 12.3 Å². The molecule has 1 saturated heterocycles. The van der Waals surface area contributed by atoms with Crippen LogP contribution in [0.25, 0.3) is 0 Å². The van der Waals surface area contributed by atoms with Crippen LogP contribution in [0, 0.1) is 5.41 Å². The minimum absolute atomic E-state index is 0.480. The molecule has 0 radical (unpaired) electrons. The fourth-order valence-electron chi connectivity index (χ4n) is 2.39. The lowest BCUT2D eigenvalue weighted by atomic mass is 9.83. The first kappa shape index (κ1) is 13.7. The number of anilines is 1. The van der Waals surface area contributed by atoms with Gasteiger partial charge in [0.1, 0.15) is 5.82 Å². The second-order valence-electron chi connectivity index (χ2n) is 5.96. The SMILES string of the molecule is CCc1cc(CCl)cc(N2CCC(C)(C)CC2)n1. The molecule has 0 bridgehead atoms. The van der Waals surface area contributed by atoms with Crippen molar-refractivity contribution in [2.75, 3.05) is 18.0 Å². The number of alkyl halides is 1. The lowest BCUT2D eigenvalue weighted by molar-refractivity contribution is 0.279. The molecule has 3 heteroatoms. The van der Waals surface area contributed by atoms with Gasteiger partial charge >= 0.3 is 0 Å². The average molecular weight is 267 g/mol. The Morgan fingerprint density at radius 1 is 1.28 bits per heavy atom. The molecular formula is C15H23ClN2. The van der Waals surface area contributed by atoms with Crippen LogP contribution >= 0.6 is 11.6 Å². The highest BCUT2D eigenvalue weighted by molar-refractivity contribution is 6.17. The summed E-state index contributed by atoms with van der Waals surface area (Å²) in [6, 6.07) is 4.26. The first-order chi connectivity index (χ1) is 8.54. The van der Waals surface area contributed by atoms with Crippen molar-refractivity contribution < 1.29 is 0 Å². The van der Waals surface area contributed by atoms with Gasteiger partial charge < -0.3 is 4.90 Å². The molecule has 0 N–H and O–H groups in total. The van der Waals surface area contributed by atoms with Crippen molar-refractivity contribution in [3.05, 3.63) is 23.4 Å². The van der Waals surface area contributed by atoms with Crippen molar-refractivity contribution in [2.24, 2.45) is 5.41 Å². The highest BCUT2D eigenvalue weighted by Crippen LogP contribution is 2.32. The van der Waals surface area contributed by atoms with Crippen LogP contribution in [0.4, 0.5) is 5.82 Å². The lowest BCUT2D eigenvalue weighted by Crippen LogP contribution is -2.37. The van der Waals surface area contributed by atoms with Gasteiger partial charge in [0.2, 0.25) is 0 Å². The number of aryl methyl sites for hydroxylation is 1. The molecule has 1 fully saturated rings. The molecule has 0 aromatic carbocycles. The Morgan fingerprint density at radius 2 is 1.94 bits per heavy atom. The lowest BCUT2D eigenvalue weighted by Gasteiger charge is -2.37. The molecule has 0 saturated carbocycles. The summed E-state index contributed by atoms with van der Waals surface area (Å²) >= 11 is 5.97. The fourth-order valence-corrected chi connectivity index (χ4v) is 2.55. The van der Waals surface area contributed by atoms with Crippen molar-refractivity contribution in [1.82, 2.24) is 4.98 Å². The molecule has 1 aromatic heterocycles. The Kier molecular flexibility index (Phi) is 4.16. The molecule has 0 spiro atoms. The van der Waals surface area contributed by atoms with Crippen molar-refractivity contribution in [1.29, 1.82) is 0 Å². The maximum Gasteiger partial charge on any atom is 0.129 e. The van der Waals surface area contributed by atoms with Crippen molar-refractivity contribution in [3.8, 4) is 0 Å². The zero-order chi connectivity index (χ0) is 13.2. The van der Waals surface area contributed by atoms with E-state index in [1.807, 2.05) is 0 Å². The molecular weight excluding hydrogens is 244 g/mol. The number of pyridine rings is 1. The average Bonchev–Trinajstić information content (AvgIpc) is 2.38. The van der Waals surface area contributed by atoms with E-state index >= 15 is 0 Å². The maximum absolute atomic E-state index is 5.97. The third-order valence-corrected chi connectivity index (χ3v) is 4.19.